The maximum Gasteiger partial charge on any atom is 0.0991 e. The van der Waals surface area contributed by atoms with E-state index in [4.69, 9.17) is 9.97 Å². The van der Waals surface area contributed by atoms with Crippen molar-refractivity contribution in [1.82, 2.24) is 14.5 Å². The van der Waals surface area contributed by atoms with Crippen LogP contribution in [0.3, 0.4) is 0 Å². The number of benzene rings is 9. The molecule has 2 aromatic heterocycles. The summed E-state index contributed by atoms with van der Waals surface area (Å²) in [5, 5.41) is 19.0. The molecule has 244 valence electrons. The molecule has 53 heavy (non-hydrogen) atoms. The quantitative estimate of drug-likeness (QED) is 0.139. The van der Waals surface area contributed by atoms with Crippen LogP contribution in [0, 0.1) is 11.3 Å². The Morgan fingerprint density at radius 1 is 0.415 bits per heavy atom. The zero-order valence-corrected chi connectivity index (χ0v) is 28.5. The molecule has 9 aromatic carbocycles. The van der Waals surface area contributed by atoms with Gasteiger partial charge in [0.05, 0.1) is 44.7 Å². The maximum absolute atomic E-state index is 9.89. The van der Waals surface area contributed by atoms with Gasteiger partial charge in [-0.25, -0.2) is 9.97 Å². The Morgan fingerprint density at radius 2 is 0.962 bits per heavy atom. The highest BCUT2D eigenvalue weighted by molar-refractivity contribution is 6.26. The van der Waals surface area contributed by atoms with E-state index in [9.17, 15) is 5.26 Å². The maximum atomic E-state index is 9.89. The number of para-hydroxylation sites is 3. The van der Waals surface area contributed by atoms with E-state index in [1.807, 2.05) is 42.5 Å². The van der Waals surface area contributed by atoms with Crippen LogP contribution in [0.15, 0.2) is 170 Å². The Labute approximate surface area is 304 Å². The molecule has 4 nitrogen and oxygen atoms in total. The fraction of sp³-hybridized carbons (Fsp3) is 0. The lowest BCUT2D eigenvalue weighted by Crippen LogP contribution is -1.95. The number of rotatable bonds is 3. The molecule has 0 bridgehead atoms. The van der Waals surface area contributed by atoms with E-state index in [0.717, 1.165) is 71.5 Å². The molecule has 2 heterocycles. The van der Waals surface area contributed by atoms with Gasteiger partial charge in [0.2, 0.25) is 0 Å². The normalized spacial score (nSPS) is 11.8. The summed E-state index contributed by atoms with van der Waals surface area (Å²) in [6.45, 7) is 0. The fourth-order valence-electron chi connectivity index (χ4n) is 8.49. The molecule has 0 radical (unpaired) electrons. The Balaban J connectivity index is 1.24. The molecule has 11 aromatic rings. The predicted octanol–water partition coefficient (Wildman–Crippen LogP) is 12.5. The second-order valence-corrected chi connectivity index (χ2v) is 13.6. The van der Waals surface area contributed by atoms with Crippen LogP contribution in [0.1, 0.15) is 5.56 Å². The lowest BCUT2D eigenvalue weighted by atomic mass is 9.84. The molecule has 0 N–H and O–H groups in total. The minimum absolute atomic E-state index is 0.649. The summed E-state index contributed by atoms with van der Waals surface area (Å²) in [5.74, 6) is 0. The van der Waals surface area contributed by atoms with Gasteiger partial charge in [0.1, 0.15) is 0 Å². The van der Waals surface area contributed by atoms with Gasteiger partial charge in [-0.15, -0.1) is 0 Å². The topological polar surface area (TPSA) is 54.5 Å². The average molecular weight is 673 g/mol. The molecule has 0 spiro atoms. The van der Waals surface area contributed by atoms with Gasteiger partial charge in [0.25, 0.3) is 0 Å². The molecule has 0 saturated carbocycles. The Hall–Kier alpha value is -7.35. The van der Waals surface area contributed by atoms with Crippen LogP contribution in [-0.4, -0.2) is 14.5 Å². The summed E-state index contributed by atoms with van der Waals surface area (Å²) in [7, 11) is 0. The van der Waals surface area contributed by atoms with Crippen LogP contribution >= 0.6 is 0 Å². The summed E-state index contributed by atoms with van der Waals surface area (Å²) < 4.78 is 2.30. The van der Waals surface area contributed by atoms with E-state index in [2.05, 4.69) is 138 Å². The smallest absolute Gasteiger partial charge is 0.0991 e. The number of fused-ring (bicyclic) bond motifs is 9. The molecule has 0 saturated heterocycles. The summed E-state index contributed by atoms with van der Waals surface area (Å²) in [5.41, 5.74) is 12.1. The van der Waals surface area contributed by atoms with Crippen molar-refractivity contribution in [2.24, 2.45) is 0 Å². The number of nitrogens with zero attached hydrogens (tertiary/aromatic N) is 4. The van der Waals surface area contributed by atoms with Gasteiger partial charge in [-0.3, -0.25) is 0 Å². The van der Waals surface area contributed by atoms with Gasteiger partial charge >= 0.3 is 0 Å². The van der Waals surface area contributed by atoms with Gasteiger partial charge in [0, 0.05) is 21.8 Å². The van der Waals surface area contributed by atoms with Crippen molar-refractivity contribution in [3.63, 3.8) is 0 Å². The summed E-state index contributed by atoms with van der Waals surface area (Å²) in [6.07, 6.45) is 0. The van der Waals surface area contributed by atoms with E-state index in [1.165, 1.54) is 32.7 Å². The molecular formula is C49H28N4. The summed E-state index contributed by atoms with van der Waals surface area (Å²) in [4.78, 5) is 10.3. The Kier molecular flexibility index (Phi) is 6.28. The monoisotopic (exact) mass is 672 g/mol. The zero-order valence-electron chi connectivity index (χ0n) is 28.5. The summed E-state index contributed by atoms with van der Waals surface area (Å²) >= 11 is 0. The third kappa shape index (κ3) is 4.35. The standard InChI is InChI=1S/C49H28N4/c50-29-30-22-24-45-39(26-30)40-27-31(23-25-46(40)53(45)32-12-2-1-3-13-32)47-34-15-5-7-17-36(34)48(37-18-8-6-16-35(37)47)41-28-44-49(38-19-9-4-14-33(38)41)52-43-21-11-10-20-42(43)51-44/h1-28H. The first-order valence-electron chi connectivity index (χ1n) is 17.8. The molecule has 0 unspecified atom stereocenters. The third-order valence-electron chi connectivity index (χ3n) is 10.7. The molecule has 0 aliphatic rings. The van der Waals surface area contributed by atoms with Crippen LogP contribution in [-0.2, 0) is 0 Å². The highest BCUT2D eigenvalue weighted by Crippen LogP contribution is 2.47. The molecule has 0 aliphatic carbocycles. The second kappa shape index (κ2) is 11.3. The van der Waals surface area contributed by atoms with E-state index in [1.54, 1.807) is 0 Å². The average Bonchev–Trinajstić information content (AvgIpc) is 3.55. The van der Waals surface area contributed by atoms with Gasteiger partial charge in [0.15, 0.2) is 0 Å². The lowest BCUT2D eigenvalue weighted by molar-refractivity contribution is 1.18. The Bertz CT molecular complexity index is 3290. The molecule has 4 heteroatoms. The highest BCUT2D eigenvalue weighted by Gasteiger charge is 2.21. The van der Waals surface area contributed by atoms with Crippen molar-refractivity contribution in [2.75, 3.05) is 0 Å². The number of hydrogen-bond donors (Lipinski definition) is 0. The van der Waals surface area contributed by atoms with Gasteiger partial charge in [-0.2, -0.15) is 5.26 Å². The van der Waals surface area contributed by atoms with Crippen LogP contribution in [0.2, 0.25) is 0 Å². The van der Waals surface area contributed by atoms with Gasteiger partial charge in [-0.05, 0) is 110 Å². The molecule has 11 rings (SSSR count). The van der Waals surface area contributed by atoms with Crippen molar-refractivity contribution in [1.29, 1.82) is 5.26 Å². The SMILES string of the molecule is N#Cc1ccc2c(c1)c1cc(-c3c4ccccc4c(-c4cc5nc6ccccc6nc5c5ccccc45)c4ccccc34)ccc1n2-c1ccccc1. The number of hydrogen-bond acceptors (Lipinski definition) is 3. The van der Waals surface area contributed by atoms with Gasteiger partial charge in [-0.1, -0.05) is 109 Å². The molecule has 0 aliphatic heterocycles. The van der Waals surface area contributed by atoms with Crippen molar-refractivity contribution in [2.45, 2.75) is 0 Å². The van der Waals surface area contributed by atoms with Crippen LogP contribution in [0.25, 0.3) is 104 Å². The lowest BCUT2D eigenvalue weighted by Gasteiger charge is -2.19. The zero-order chi connectivity index (χ0) is 35.0. The van der Waals surface area contributed by atoms with Crippen molar-refractivity contribution in [3.8, 4) is 34.0 Å². The molecule has 0 fully saturated rings. The van der Waals surface area contributed by atoms with Crippen molar-refractivity contribution in [3.05, 3.63) is 175 Å². The van der Waals surface area contributed by atoms with Gasteiger partial charge < -0.3 is 4.57 Å². The molecular weight excluding hydrogens is 645 g/mol. The first kappa shape index (κ1) is 29.4. The van der Waals surface area contributed by atoms with E-state index in [-0.39, 0.29) is 0 Å². The van der Waals surface area contributed by atoms with Crippen molar-refractivity contribution >= 4 is 76.2 Å². The fourth-order valence-corrected chi connectivity index (χ4v) is 8.49. The highest BCUT2D eigenvalue weighted by atomic mass is 15.0. The predicted molar refractivity (Wildman–Crippen MR) is 219 cm³/mol. The summed E-state index contributed by atoms with van der Waals surface area (Å²) in [6, 6.07) is 62.1. The Morgan fingerprint density at radius 3 is 1.64 bits per heavy atom. The number of aromatic nitrogens is 3. The molecule has 0 atom stereocenters. The minimum Gasteiger partial charge on any atom is -0.309 e. The minimum atomic E-state index is 0.649. The van der Waals surface area contributed by atoms with E-state index >= 15 is 0 Å². The van der Waals surface area contributed by atoms with Crippen LogP contribution < -0.4 is 0 Å². The van der Waals surface area contributed by atoms with Crippen molar-refractivity contribution < 1.29 is 0 Å². The molecule has 0 amide bonds. The first-order chi connectivity index (χ1) is 26.2. The largest absolute Gasteiger partial charge is 0.309 e. The van der Waals surface area contributed by atoms with Crippen LogP contribution in [0.5, 0.6) is 0 Å². The van der Waals surface area contributed by atoms with E-state index in [0.29, 0.717) is 5.56 Å². The van der Waals surface area contributed by atoms with Crippen LogP contribution in [0.4, 0.5) is 0 Å². The van der Waals surface area contributed by atoms with E-state index < -0.39 is 0 Å². The first-order valence-corrected chi connectivity index (χ1v) is 17.8. The number of nitriles is 1. The third-order valence-corrected chi connectivity index (χ3v) is 10.7. The second-order valence-electron chi connectivity index (χ2n) is 13.6.